The molecule has 1 saturated heterocycles. The van der Waals surface area contributed by atoms with Crippen LogP contribution in [0.2, 0.25) is 0 Å². The zero-order valence-corrected chi connectivity index (χ0v) is 21.7. The summed E-state index contributed by atoms with van der Waals surface area (Å²) in [4.78, 5) is 11.3. The summed E-state index contributed by atoms with van der Waals surface area (Å²) in [5.74, 6) is 2.07. The molecule has 2 aromatic rings. The summed E-state index contributed by atoms with van der Waals surface area (Å²) in [5, 5.41) is 6.91. The number of benzene rings is 1. The molecule has 0 radical (unpaired) electrons. The lowest BCUT2D eigenvalue weighted by Gasteiger charge is -2.35. The van der Waals surface area contributed by atoms with Gasteiger partial charge in [0.15, 0.2) is 5.96 Å². The van der Waals surface area contributed by atoms with E-state index in [-0.39, 0.29) is 35.8 Å². The molecule has 0 saturated carbocycles. The fourth-order valence-corrected chi connectivity index (χ4v) is 3.91. The number of ether oxygens (including phenoxy) is 1. The Labute approximate surface area is 212 Å². The van der Waals surface area contributed by atoms with Gasteiger partial charge in [-0.3, -0.25) is 4.99 Å². The first kappa shape index (κ1) is 27.1. The van der Waals surface area contributed by atoms with Gasteiger partial charge in [0, 0.05) is 56.8 Å². The van der Waals surface area contributed by atoms with Crippen LogP contribution in [0.5, 0.6) is 5.75 Å². The summed E-state index contributed by atoms with van der Waals surface area (Å²) >= 11 is 0. The number of hydrogen-bond donors (Lipinski definition) is 2. The van der Waals surface area contributed by atoms with Gasteiger partial charge < -0.3 is 24.8 Å². The molecule has 184 valence electrons. The van der Waals surface area contributed by atoms with Crippen molar-refractivity contribution in [3.05, 3.63) is 42.5 Å². The third kappa shape index (κ3) is 8.98. The van der Waals surface area contributed by atoms with Crippen LogP contribution < -0.4 is 20.3 Å². The Morgan fingerprint density at radius 3 is 2.73 bits per heavy atom. The third-order valence-corrected chi connectivity index (χ3v) is 5.53. The van der Waals surface area contributed by atoms with Crippen molar-refractivity contribution in [3.8, 4) is 5.75 Å². The second kappa shape index (κ2) is 14.2. The number of halogens is 3. The molecular formula is C23H35F2IN6O. The average Bonchev–Trinajstić information content (AvgIpc) is 3.18. The van der Waals surface area contributed by atoms with Crippen molar-refractivity contribution in [1.82, 2.24) is 20.2 Å². The van der Waals surface area contributed by atoms with E-state index in [0.29, 0.717) is 0 Å². The number of alkyl halides is 2. The number of unbranched alkanes of at least 4 members (excludes halogenated alkanes) is 1. The molecule has 2 heterocycles. The number of hydrogen-bond acceptors (Lipinski definition) is 4. The van der Waals surface area contributed by atoms with E-state index in [1.54, 1.807) is 12.1 Å². The van der Waals surface area contributed by atoms with Crippen LogP contribution in [0.15, 0.2) is 41.7 Å². The minimum atomic E-state index is -2.80. The quantitative estimate of drug-likeness (QED) is 0.190. The second-order valence-electron chi connectivity index (χ2n) is 7.94. The largest absolute Gasteiger partial charge is 0.435 e. The van der Waals surface area contributed by atoms with Crippen LogP contribution in [0, 0.1) is 6.92 Å². The molecule has 0 amide bonds. The highest BCUT2D eigenvalue weighted by molar-refractivity contribution is 14.0. The number of rotatable bonds is 10. The van der Waals surface area contributed by atoms with Crippen LogP contribution in [-0.4, -0.2) is 54.3 Å². The minimum absolute atomic E-state index is 0. The zero-order valence-electron chi connectivity index (χ0n) is 19.3. The normalized spacial score (nSPS) is 16.5. The molecule has 1 fully saturated rings. The molecule has 1 unspecified atom stereocenters. The average molecular weight is 576 g/mol. The number of anilines is 1. The predicted molar refractivity (Wildman–Crippen MR) is 139 cm³/mol. The van der Waals surface area contributed by atoms with Gasteiger partial charge in [0.2, 0.25) is 0 Å². The smallest absolute Gasteiger partial charge is 0.387 e. The summed E-state index contributed by atoms with van der Waals surface area (Å²) in [5.41, 5.74) is 1.01. The van der Waals surface area contributed by atoms with Crippen LogP contribution in [0.1, 0.15) is 38.4 Å². The molecule has 0 spiro atoms. The molecular weight excluding hydrogens is 541 g/mol. The number of aryl methyl sites for hydroxylation is 2. The number of aliphatic imine (C=N–C) groups is 1. The monoisotopic (exact) mass is 576 g/mol. The Morgan fingerprint density at radius 1 is 1.27 bits per heavy atom. The SMILES string of the molecule is CCNC(=NCCCCn1ccnc1C)NC1CCCN(c2ccc(OC(F)F)cc2)C1.I. The van der Waals surface area contributed by atoms with Gasteiger partial charge in [0.1, 0.15) is 11.6 Å². The molecule has 3 rings (SSSR count). The Morgan fingerprint density at radius 2 is 2.06 bits per heavy atom. The molecule has 1 aliphatic rings. The van der Waals surface area contributed by atoms with Crippen LogP contribution >= 0.6 is 24.0 Å². The fourth-order valence-electron chi connectivity index (χ4n) is 3.91. The molecule has 0 bridgehead atoms. The molecule has 2 N–H and O–H groups in total. The highest BCUT2D eigenvalue weighted by Crippen LogP contribution is 2.23. The second-order valence-corrected chi connectivity index (χ2v) is 7.94. The van der Waals surface area contributed by atoms with Crippen molar-refractivity contribution in [2.45, 2.75) is 58.7 Å². The van der Waals surface area contributed by atoms with Crippen molar-refractivity contribution in [1.29, 1.82) is 0 Å². The summed E-state index contributed by atoms with van der Waals surface area (Å²) in [6, 6.07) is 7.13. The van der Waals surface area contributed by atoms with Crippen LogP contribution in [-0.2, 0) is 6.54 Å². The molecule has 7 nitrogen and oxygen atoms in total. The third-order valence-electron chi connectivity index (χ3n) is 5.53. The molecule has 0 aliphatic carbocycles. The molecule has 1 atom stereocenters. The van der Waals surface area contributed by atoms with Crippen molar-refractivity contribution in [2.24, 2.45) is 4.99 Å². The Hall–Kier alpha value is -2.11. The van der Waals surface area contributed by atoms with Crippen molar-refractivity contribution in [3.63, 3.8) is 0 Å². The van der Waals surface area contributed by atoms with E-state index in [0.717, 1.165) is 75.9 Å². The van der Waals surface area contributed by atoms with E-state index in [2.05, 4.69) is 36.7 Å². The number of nitrogens with one attached hydrogen (secondary N) is 2. The lowest BCUT2D eigenvalue weighted by molar-refractivity contribution is -0.0498. The van der Waals surface area contributed by atoms with E-state index in [1.807, 2.05) is 31.5 Å². The maximum Gasteiger partial charge on any atom is 0.387 e. The van der Waals surface area contributed by atoms with Gasteiger partial charge in [0.05, 0.1) is 0 Å². The summed E-state index contributed by atoms with van der Waals surface area (Å²) in [7, 11) is 0. The Bertz CT molecular complexity index is 846. The van der Waals surface area contributed by atoms with Crippen molar-refractivity contribution < 1.29 is 13.5 Å². The minimum Gasteiger partial charge on any atom is -0.435 e. The van der Waals surface area contributed by atoms with E-state index in [4.69, 9.17) is 4.99 Å². The van der Waals surface area contributed by atoms with Gasteiger partial charge >= 0.3 is 6.61 Å². The van der Waals surface area contributed by atoms with Crippen LogP contribution in [0.25, 0.3) is 0 Å². The van der Waals surface area contributed by atoms with Gasteiger partial charge in [-0.15, -0.1) is 24.0 Å². The van der Waals surface area contributed by atoms with Crippen LogP contribution in [0.4, 0.5) is 14.5 Å². The highest BCUT2D eigenvalue weighted by atomic mass is 127. The zero-order chi connectivity index (χ0) is 22.8. The number of piperidine rings is 1. The predicted octanol–water partition coefficient (Wildman–Crippen LogP) is 4.42. The van der Waals surface area contributed by atoms with Crippen LogP contribution in [0.3, 0.4) is 0 Å². The maximum atomic E-state index is 12.4. The van der Waals surface area contributed by atoms with Gasteiger partial charge in [-0.25, -0.2) is 4.98 Å². The van der Waals surface area contributed by atoms with E-state index < -0.39 is 6.61 Å². The van der Waals surface area contributed by atoms with E-state index in [9.17, 15) is 8.78 Å². The molecule has 10 heteroatoms. The first-order valence-corrected chi connectivity index (χ1v) is 11.4. The maximum absolute atomic E-state index is 12.4. The number of aromatic nitrogens is 2. The summed E-state index contributed by atoms with van der Waals surface area (Å²) < 4.78 is 31.3. The number of nitrogens with zero attached hydrogens (tertiary/aromatic N) is 4. The van der Waals surface area contributed by atoms with E-state index in [1.165, 1.54) is 0 Å². The first-order chi connectivity index (χ1) is 15.5. The van der Waals surface area contributed by atoms with E-state index >= 15 is 0 Å². The molecule has 1 aromatic heterocycles. The lowest BCUT2D eigenvalue weighted by Crippen LogP contribution is -2.51. The highest BCUT2D eigenvalue weighted by Gasteiger charge is 2.21. The van der Waals surface area contributed by atoms with Gasteiger partial charge in [-0.05, 0) is 63.8 Å². The van der Waals surface area contributed by atoms with Gasteiger partial charge in [-0.2, -0.15) is 8.78 Å². The van der Waals surface area contributed by atoms with Crippen molar-refractivity contribution in [2.75, 3.05) is 31.1 Å². The summed E-state index contributed by atoms with van der Waals surface area (Å²) in [6.45, 7) is 5.59. The lowest BCUT2D eigenvalue weighted by atomic mass is 10.0. The number of imidazole rings is 1. The molecule has 33 heavy (non-hydrogen) atoms. The fraction of sp³-hybridized carbons (Fsp3) is 0.565. The summed E-state index contributed by atoms with van der Waals surface area (Å²) in [6.07, 6.45) is 8.03. The standard InChI is InChI=1S/C23H34F2N6O.HI/c1-3-26-23(28-12-4-5-14-30-16-13-27-18(30)2)29-19-7-6-15-31(17-19)20-8-10-21(11-9-20)32-22(24)25;/h8-11,13,16,19,22H,3-7,12,14-15,17H2,1-2H3,(H2,26,28,29);1H. The number of guanidine groups is 1. The van der Waals surface area contributed by atoms with Gasteiger partial charge in [-0.1, -0.05) is 0 Å². The molecule has 1 aliphatic heterocycles. The Balaban J connectivity index is 0.00000385. The first-order valence-electron chi connectivity index (χ1n) is 11.4. The van der Waals surface area contributed by atoms with Gasteiger partial charge in [0.25, 0.3) is 0 Å². The Kier molecular flexibility index (Phi) is 11.7. The topological polar surface area (TPSA) is 66.7 Å². The molecule has 1 aromatic carbocycles. The van der Waals surface area contributed by atoms with Crippen molar-refractivity contribution >= 4 is 35.6 Å².